The molecule has 1 heterocycles. The summed E-state index contributed by atoms with van der Waals surface area (Å²) in [5.41, 5.74) is 1.99. The Morgan fingerprint density at radius 3 is 2.25 bits per heavy atom. The van der Waals surface area contributed by atoms with Crippen LogP contribution >= 0.6 is 0 Å². The molecule has 5 rings (SSSR count). The molecule has 0 N–H and O–H groups in total. The van der Waals surface area contributed by atoms with Crippen LogP contribution in [0, 0.1) is 11.6 Å². The van der Waals surface area contributed by atoms with Crippen LogP contribution in [0.3, 0.4) is 0 Å². The van der Waals surface area contributed by atoms with E-state index in [-0.39, 0.29) is 60.6 Å². The average molecular weight is 549 g/mol. The molecule has 6 nitrogen and oxygen atoms in total. The van der Waals surface area contributed by atoms with Gasteiger partial charge in [-0.25, -0.2) is 13.8 Å². The number of rotatable bonds is 10. The summed E-state index contributed by atoms with van der Waals surface area (Å²) in [6.45, 7) is -0.0517. The fourth-order valence-electron chi connectivity index (χ4n) is 4.06. The molecule has 196 valence electrons. The number of fused-ring (bicyclic) bond motifs is 1. The van der Waals surface area contributed by atoms with Gasteiger partial charge in [-0.1, -0.05) is 54.6 Å². The van der Waals surface area contributed by atoms with Crippen molar-refractivity contribution in [3.63, 3.8) is 0 Å². The molecule has 0 aliphatic carbocycles. The molecule has 0 spiro atoms. The minimum atomic E-state index is -1.10. The molecule has 1 aromatic heterocycles. The van der Waals surface area contributed by atoms with E-state index in [4.69, 9.17) is 14.5 Å². The van der Waals surface area contributed by atoms with E-state index in [1.165, 1.54) is 18.2 Å². The van der Waals surface area contributed by atoms with E-state index in [0.29, 0.717) is 23.7 Å². The van der Waals surface area contributed by atoms with E-state index in [1.54, 1.807) is 6.07 Å². The van der Waals surface area contributed by atoms with Crippen molar-refractivity contribution in [2.45, 2.75) is 19.4 Å². The van der Waals surface area contributed by atoms with Gasteiger partial charge in [0, 0.05) is 23.2 Å². The van der Waals surface area contributed by atoms with Gasteiger partial charge in [0.15, 0.2) is 5.82 Å². The Kier molecular flexibility index (Phi) is 9.82. The van der Waals surface area contributed by atoms with Crippen LogP contribution in [0.4, 0.5) is 8.78 Å². The van der Waals surface area contributed by atoms with Gasteiger partial charge < -0.3 is 19.4 Å². The van der Waals surface area contributed by atoms with Crippen LogP contribution < -0.4 is 44.1 Å². The van der Waals surface area contributed by atoms with E-state index in [1.807, 2.05) is 66.7 Å². The van der Waals surface area contributed by atoms with Crippen LogP contribution in [-0.4, -0.2) is 22.5 Å². The van der Waals surface area contributed by atoms with Crippen molar-refractivity contribution >= 4 is 16.7 Å². The maximum Gasteiger partial charge on any atom is 1.00 e. The van der Waals surface area contributed by atoms with E-state index < -0.39 is 17.6 Å². The van der Waals surface area contributed by atoms with Gasteiger partial charge >= 0.3 is 29.6 Å². The number of hydrogen-bond acceptors (Lipinski definition) is 6. The minimum Gasteiger partial charge on any atom is -0.550 e. The maximum atomic E-state index is 14.1. The second kappa shape index (κ2) is 13.5. The second-order valence-corrected chi connectivity index (χ2v) is 8.82. The van der Waals surface area contributed by atoms with Gasteiger partial charge in [0.1, 0.15) is 24.0 Å². The summed E-state index contributed by atoms with van der Waals surface area (Å²) in [6.07, 6.45) is 0.308. The number of carbonyl (C=O) groups excluding carboxylic acids is 1. The Bertz CT molecular complexity index is 1610. The number of aromatic nitrogens is 2. The monoisotopic (exact) mass is 548 g/mol. The van der Waals surface area contributed by atoms with Gasteiger partial charge in [0.05, 0.1) is 17.9 Å². The number of nitrogens with zero attached hydrogens (tertiary/aromatic N) is 2. The van der Waals surface area contributed by atoms with Crippen LogP contribution in [-0.2, 0) is 11.4 Å². The Hall–Kier alpha value is -3.85. The molecule has 0 radical (unpaired) electrons. The standard InChI is InChI=1S/C31H24F2N2O4.Na/c32-26-8-4-9-27(33)25(26)19-39-29-18-28(20-6-2-1-3-7-20)34-31(35-29)23-12-11-22-17-24(14-13-21(22)16-23)38-15-5-10-30(36)37;/h1-4,6-9,11-14,16-18H,5,10,15,19H2,(H,36,37);/q;+1/p-1. The normalized spacial score (nSPS) is 10.7. The van der Waals surface area contributed by atoms with Gasteiger partial charge in [-0.15, -0.1) is 0 Å². The smallest absolute Gasteiger partial charge is 0.550 e. The summed E-state index contributed by atoms with van der Waals surface area (Å²) < 4.78 is 39.7. The topological polar surface area (TPSA) is 84.4 Å². The predicted octanol–water partition coefficient (Wildman–Crippen LogP) is 2.73. The summed E-state index contributed by atoms with van der Waals surface area (Å²) in [6, 6.07) is 26.1. The first-order valence-corrected chi connectivity index (χ1v) is 12.3. The molecular weight excluding hydrogens is 525 g/mol. The van der Waals surface area contributed by atoms with Gasteiger partial charge in [0.25, 0.3) is 0 Å². The van der Waals surface area contributed by atoms with E-state index in [0.717, 1.165) is 21.9 Å². The summed E-state index contributed by atoms with van der Waals surface area (Å²) in [5.74, 6) is -1.27. The molecule has 4 aromatic carbocycles. The first-order chi connectivity index (χ1) is 19.0. The number of aliphatic carboxylic acids is 1. The zero-order valence-electron chi connectivity index (χ0n) is 21.8. The third kappa shape index (κ3) is 7.21. The Morgan fingerprint density at radius 2 is 1.50 bits per heavy atom. The third-order valence-corrected chi connectivity index (χ3v) is 6.06. The van der Waals surface area contributed by atoms with E-state index in [2.05, 4.69) is 4.98 Å². The molecule has 0 aliphatic heterocycles. The first-order valence-electron chi connectivity index (χ1n) is 12.3. The number of carbonyl (C=O) groups is 1. The predicted molar refractivity (Wildman–Crippen MR) is 141 cm³/mol. The molecule has 0 bridgehead atoms. The van der Waals surface area contributed by atoms with Crippen molar-refractivity contribution in [2.75, 3.05) is 6.61 Å². The van der Waals surface area contributed by atoms with Crippen molar-refractivity contribution in [3.05, 3.63) is 108 Å². The van der Waals surface area contributed by atoms with Crippen molar-refractivity contribution in [3.8, 4) is 34.3 Å². The average Bonchev–Trinajstić information content (AvgIpc) is 2.95. The van der Waals surface area contributed by atoms with Crippen molar-refractivity contribution < 1.29 is 57.7 Å². The summed E-state index contributed by atoms with van der Waals surface area (Å²) in [5, 5.41) is 12.4. The minimum absolute atomic E-state index is 0. The maximum absolute atomic E-state index is 14.1. The van der Waals surface area contributed by atoms with Gasteiger partial charge in [-0.05, 0) is 53.9 Å². The molecule has 0 amide bonds. The molecule has 0 unspecified atom stereocenters. The largest absolute Gasteiger partial charge is 1.00 e. The molecule has 0 atom stereocenters. The molecule has 9 heteroatoms. The molecule has 0 aliphatic rings. The molecule has 0 saturated heterocycles. The van der Waals surface area contributed by atoms with Gasteiger partial charge in [0.2, 0.25) is 5.88 Å². The van der Waals surface area contributed by atoms with Crippen molar-refractivity contribution in [1.29, 1.82) is 0 Å². The molecular formula is C31H23F2N2NaO4. The van der Waals surface area contributed by atoms with Crippen LogP contribution in [0.25, 0.3) is 33.4 Å². The fourth-order valence-corrected chi connectivity index (χ4v) is 4.06. The van der Waals surface area contributed by atoms with E-state index in [9.17, 15) is 18.7 Å². The molecule has 0 saturated carbocycles. The van der Waals surface area contributed by atoms with Crippen molar-refractivity contribution in [1.82, 2.24) is 9.97 Å². The zero-order chi connectivity index (χ0) is 27.2. The number of carboxylic acid groups (broad SMARTS) is 1. The summed E-state index contributed by atoms with van der Waals surface area (Å²) >= 11 is 0. The Labute approximate surface area is 251 Å². The summed E-state index contributed by atoms with van der Waals surface area (Å²) in [4.78, 5) is 19.8. The van der Waals surface area contributed by atoms with Crippen LogP contribution in [0.15, 0.2) is 91.0 Å². The van der Waals surface area contributed by atoms with Crippen LogP contribution in [0.1, 0.15) is 18.4 Å². The molecule has 40 heavy (non-hydrogen) atoms. The first kappa shape index (κ1) is 29.1. The quantitative estimate of drug-likeness (QED) is 0.197. The molecule has 5 aromatic rings. The zero-order valence-corrected chi connectivity index (χ0v) is 23.8. The van der Waals surface area contributed by atoms with Crippen LogP contribution in [0.5, 0.6) is 11.6 Å². The van der Waals surface area contributed by atoms with Crippen LogP contribution in [0.2, 0.25) is 0 Å². The van der Waals surface area contributed by atoms with Gasteiger partial charge in [-0.3, -0.25) is 0 Å². The number of ether oxygens (including phenoxy) is 2. The number of carboxylic acids is 1. The fraction of sp³-hybridized carbons (Fsp3) is 0.129. The van der Waals surface area contributed by atoms with Crippen molar-refractivity contribution in [2.24, 2.45) is 0 Å². The van der Waals surface area contributed by atoms with E-state index >= 15 is 0 Å². The number of benzene rings is 4. The number of hydrogen-bond donors (Lipinski definition) is 0. The third-order valence-electron chi connectivity index (χ3n) is 6.06. The summed E-state index contributed by atoms with van der Waals surface area (Å²) in [7, 11) is 0. The molecule has 0 fully saturated rings. The SMILES string of the molecule is O=C([O-])CCCOc1ccc2cc(-c3nc(OCc4c(F)cccc4F)cc(-c4ccccc4)n3)ccc2c1.[Na+]. The van der Waals surface area contributed by atoms with Gasteiger partial charge in [-0.2, -0.15) is 4.98 Å². The Balaban J connectivity index is 0.00000370. The second-order valence-electron chi connectivity index (χ2n) is 8.82. The number of halogens is 2. The Morgan fingerprint density at radius 1 is 0.775 bits per heavy atom.